The van der Waals surface area contributed by atoms with E-state index in [1.807, 2.05) is 18.3 Å². The zero-order valence-electron chi connectivity index (χ0n) is 16.1. The van der Waals surface area contributed by atoms with Crippen molar-refractivity contribution in [2.45, 2.75) is 51.2 Å². The van der Waals surface area contributed by atoms with Crippen LogP contribution in [0.5, 0.6) is 0 Å². The summed E-state index contributed by atoms with van der Waals surface area (Å²) >= 11 is 3.46. The van der Waals surface area contributed by atoms with E-state index >= 15 is 0 Å². The SMILES string of the molecule is CC1(C)C[C@H]([C@H](CCNCc2cncc(Br)c2)c2ccc(F)cc2)CCO1. The van der Waals surface area contributed by atoms with Gasteiger partial charge in [0, 0.05) is 30.0 Å². The molecule has 2 aromatic rings. The molecule has 1 aromatic heterocycles. The van der Waals surface area contributed by atoms with Crippen molar-refractivity contribution in [3.8, 4) is 0 Å². The van der Waals surface area contributed by atoms with E-state index < -0.39 is 0 Å². The van der Waals surface area contributed by atoms with Crippen molar-refractivity contribution in [2.24, 2.45) is 5.92 Å². The second-order valence-corrected chi connectivity index (χ2v) is 8.91. The van der Waals surface area contributed by atoms with E-state index in [0.29, 0.717) is 11.8 Å². The van der Waals surface area contributed by atoms with Crippen LogP contribution < -0.4 is 5.32 Å². The fourth-order valence-corrected chi connectivity index (χ4v) is 4.46. The number of hydrogen-bond donors (Lipinski definition) is 1. The van der Waals surface area contributed by atoms with Crippen LogP contribution in [0.15, 0.2) is 47.2 Å². The second-order valence-electron chi connectivity index (χ2n) is 8.00. The van der Waals surface area contributed by atoms with E-state index in [1.165, 1.54) is 5.56 Å². The second kappa shape index (κ2) is 9.26. The first-order valence-electron chi connectivity index (χ1n) is 9.62. The number of ether oxygens (including phenoxy) is 1. The van der Waals surface area contributed by atoms with E-state index in [-0.39, 0.29) is 11.4 Å². The van der Waals surface area contributed by atoms with E-state index in [2.05, 4.69) is 46.1 Å². The molecule has 1 N–H and O–H groups in total. The number of halogens is 2. The third kappa shape index (κ3) is 6.09. The van der Waals surface area contributed by atoms with Gasteiger partial charge in [-0.1, -0.05) is 12.1 Å². The lowest BCUT2D eigenvalue weighted by atomic mass is 9.75. The van der Waals surface area contributed by atoms with Gasteiger partial charge in [-0.25, -0.2) is 4.39 Å². The Bertz CT molecular complexity index is 735. The molecule has 2 heterocycles. The van der Waals surface area contributed by atoms with Crippen molar-refractivity contribution in [1.82, 2.24) is 10.3 Å². The largest absolute Gasteiger partial charge is 0.376 e. The molecule has 1 aromatic carbocycles. The molecule has 3 rings (SSSR count). The molecule has 1 aliphatic heterocycles. The maximum absolute atomic E-state index is 13.4. The Kier molecular flexibility index (Phi) is 7.01. The lowest BCUT2D eigenvalue weighted by Gasteiger charge is -2.39. The summed E-state index contributed by atoms with van der Waals surface area (Å²) in [7, 11) is 0. The van der Waals surface area contributed by atoms with Gasteiger partial charge in [0.25, 0.3) is 0 Å². The molecule has 27 heavy (non-hydrogen) atoms. The Morgan fingerprint density at radius 3 is 2.78 bits per heavy atom. The molecular weight excluding hydrogens is 407 g/mol. The van der Waals surface area contributed by atoms with Crippen LogP contribution in [0, 0.1) is 11.7 Å². The topological polar surface area (TPSA) is 34.2 Å². The minimum absolute atomic E-state index is 0.0867. The predicted octanol–water partition coefficient (Wildman–Crippen LogP) is 5.45. The fourth-order valence-electron chi connectivity index (χ4n) is 4.05. The van der Waals surface area contributed by atoms with Crippen LogP contribution in [-0.4, -0.2) is 23.7 Å². The number of hydrogen-bond acceptors (Lipinski definition) is 3. The summed E-state index contributed by atoms with van der Waals surface area (Å²) in [5.41, 5.74) is 2.30. The minimum Gasteiger partial charge on any atom is -0.376 e. The summed E-state index contributed by atoms with van der Waals surface area (Å²) in [5, 5.41) is 3.53. The highest BCUT2D eigenvalue weighted by atomic mass is 79.9. The van der Waals surface area contributed by atoms with Gasteiger partial charge in [-0.2, -0.15) is 0 Å². The van der Waals surface area contributed by atoms with Crippen molar-refractivity contribution >= 4 is 15.9 Å². The van der Waals surface area contributed by atoms with Crippen LogP contribution in [0.3, 0.4) is 0 Å². The highest BCUT2D eigenvalue weighted by Crippen LogP contribution is 2.39. The smallest absolute Gasteiger partial charge is 0.123 e. The lowest BCUT2D eigenvalue weighted by molar-refractivity contribution is -0.0771. The normalized spacial score (nSPS) is 20.4. The highest BCUT2D eigenvalue weighted by Gasteiger charge is 2.33. The Hall–Kier alpha value is -1.30. The van der Waals surface area contributed by atoms with Crippen LogP contribution in [0.1, 0.15) is 50.2 Å². The van der Waals surface area contributed by atoms with Gasteiger partial charge in [0.15, 0.2) is 0 Å². The summed E-state index contributed by atoms with van der Waals surface area (Å²) in [6.07, 6.45) is 6.79. The fraction of sp³-hybridized carbons (Fsp3) is 0.500. The molecule has 0 saturated carbocycles. The molecule has 5 heteroatoms. The molecule has 2 atom stereocenters. The minimum atomic E-state index is -0.176. The van der Waals surface area contributed by atoms with E-state index in [0.717, 1.165) is 49.0 Å². The number of pyridine rings is 1. The van der Waals surface area contributed by atoms with Gasteiger partial charge in [-0.3, -0.25) is 4.98 Å². The maximum Gasteiger partial charge on any atom is 0.123 e. The van der Waals surface area contributed by atoms with Gasteiger partial charge in [0.1, 0.15) is 5.82 Å². The molecule has 3 nitrogen and oxygen atoms in total. The van der Waals surface area contributed by atoms with Gasteiger partial charge in [-0.05, 0) is 96.7 Å². The number of benzene rings is 1. The van der Waals surface area contributed by atoms with Gasteiger partial charge in [0.05, 0.1) is 5.60 Å². The van der Waals surface area contributed by atoms with Crippen molar-refractivity contribution in [2.75, 3.05) is 13.2 Å². The molecule has 1 saturated heterocycles. The highest BCUT2D eigenvalue weighted by molar-refractivity contribution is 9.10. The van der Waals surface area contributed by atoms with Crippen LogP contribution in [-0.2, 0) is 11.3 Å². The predicted molar refractivity (Wildman–Crippen MR) is 110 cm³/mol. The summed E-state index contributed by atoms with van der Waals surface area (Å²) in [6, 6.07) is 9.13. The number of nitrogens with zero attached hydrogens (tertiary/aromatic N) is 1. The standard InChI is InChI=1S/C22H28BrFN2O/c1-22(2)12-18(8-10-27-22)21(17-3-5-20(24)6-4-17)7-9-25-13-16-11-19(23)15-26-14-16/h3-6,11,14-15,18,21,25H,7-10,12-13H2,1-2H3/t18-,21-/m1/s1. The molecule has 0 amide bonds. The number of rotatable bonds is 7. The molecule has 0 aliphatic carbocycles. The van der Waals surface area contributed by atoms with Crippen LogP contribution in [0.2, 0.25) is 0 Å². The van der Waals surface area contributed by atoms with Gasteiger partial charge < -0.3 is 10.1 Å². The Morgan fingerprint density at radius 2 is 2.07 bits per heavy atom. The van der Waals surface area contributed by atoms with E-state index in [4.69, 9.17) is 4.74 Å². The molecular formula is C22H28BrFN2O. The van der Waals surface area contributed by atoms with Gasteiger partial charge >= 0.3 is 0 Å². The van der Waals surface area contributed by atoms with Crippen molar-refractivity contribution in [3.05, 3.63) is 64.1 Å². The summed E-state index contributed by atoms with van der Waals surface area (Å²) < 4.78 is 20.3. The Morgan fingerprint density at radius 1 is 1.30 bits per heavy atom. The maximum atomic E-state index is 13.4. The van der Waals surface area contributed by atoms with Crippen molar-refractivity contribution < 1.29 is 9.13 Å². The van der Waals surface area contributed by atoms with E-state index in [1.54, 1.807) is 18.3 Å². The molecule has 0 spiro atoms. The van der Waals surface area contributed by atoms with E-state index in [9.17, 15) is 4.39 Å². The zero-order valence-corrected chi connectivity index (χ0v) is 17.6. The Labute approximate surface area is 169 Å². The third-order valence-electron chi connectivity index (χ3n) is 5.33. The average Bonchev–Trinajstić information content (AvgIpc) is 2.62. The van der Waals surface area contributed by atoms with Gasteiger partial charge in [-0.15, -0.1) is 0 Å². The van der Waals surface area contributed by atoms with Crippen molar-refractivity contribution in [3.63, 3.8) is 0 Å². The first kappa shape index (κ1) is 20.4. The third-order valence-corrected chi connectivity index (χ3v) is 5.76. The summed E-state index contributed by atoms with van der Waals surface area (Å²) in [6.45, 7) is 6.83. The summed E-state index contributed by atoms with van der Waals surface area (Å²) in [4.78, 5) is 4.21. The average molecular weight is 435 g/mol. The molecule has 146 valence electrons. The quantitative estimate of drug-likeness (QED) is 0.588. The van der Waals surface area contributed by atoms with Crippen LogP contribution in [0.25, 0.3) is 0 Å². The first-order chi connectivity index (χ1) is 12.9. The van der Waals surface area contributed by atoms with Crippen LogP contribution >= 0.6 is 15.9 Å². The van der Waals surface area contributed by atoms with Gasteiger partial charge in [0.2, 0.25) is 0 Å². The number of aromatic nitrogens is 1. The first-order valence-corrected chi connectivity index (χ1v) is 10.4. The molecule has 1 aliphatic rings. The monoisotopic (exact) mass is 434 g/mol. The molecule has 0 radical (unpaired) electrons. The lowest BCUT2D eigenvalue weighted by Crippen LogP contribution is -2.36. The molecule has 0 bridgehead atoms. The molecule has 0 unspecified atom stereocenters. The van der Waals surface area contributed by atoms with Crippen LogP contribution in [0.4, 0.5) is 4.39 Å². The summed E-state index contributed by atoms with van der Waals surface area (Å²) in [5.74, 6) is 0.778. The van der Waals surface area contributed by atoms with Crippen molar-refractivity contribution in [1.29, 1.82) is 0 Å². The Balaban J connectivity index is 1.63. The number of nitrogens with one attached hydrogen (secondary N) is 1. The zero-order chi connectivity index (χ0) is 19.3. The molecule has 1 fully saturated rings.